The lowest BCUT2D eigenvalue weighted by Gasteiger charge is -2.22. The number of nitrogens with one attached hydrogen (secondary N) is 3. The van der Waals surface area contributed by atoms with Crippen LogP contribution in [0.5, 0.6) is 0 Å². The summed E-state index contributed by atoms with van der Waals surface area (Å²) >= 11 is 0. The Bertz CT molecular complexity index is 573. The van der Waals surface area contributed by atoms with Gasteiger partial charge >= 0.3 is 0 Å². The second-order valence-corrected chi connectivity index (χ2v) is 7.43. The first-order chi connectivity index (χ1) is 12.9. The number of amides is 1. The first-order valence-electron chi connectivity index (χ1n) is 9.81. The largest absolute Gasteiger partial charge is 0.376 e. The molecule has 152 valence electrons. The van der Waals surface area contributed by atoms with Gasteiger partial charge in [-0.3, -0.25) is 9.79 Å². The second-order valence-electron chi connectivity index (χ2n) is 7.43. The predicted molar refractivity (Wildman–Crippen MR) is 112 cm³/mol. The van der Waals surface area contributed by atoms with Crippen LogP contribution in [0, 0.1) is 11.3 Å². The van der Waals surface area contributed by atoms with Crippen LogP contribution in [0.15, 0.2) is 35.3 Å². The Morgan fingerprint density at radius 3 is 2.41 bits per heavy atom. The van der Waals surface area contributed by atoms with E-state index in [9.17, 15) is 4.79 Å². The molecule has 0 fully saturated rings. The summed E-state index contributed by atoms with van der Waals surface area (Å²) in [6, 6.07) is 10.2. The van der Waals surface area contributed by atoms with E-state index in [1.165, 1.54) is 5.56 Å². The molecular formula is C21H36N4O2. The molecule has 3 N–H and O–H groups in total. The summed E-state index contributed by atoms with van der Waals surface area (Å²) in [7, 11) is 0. The Balaban J connectivity index is 2.42. The van der Waals surface area contributed by atoms with Gasteiger partial charge in [0, 0.05) is 19.6 Å². The molecular weight excluding hydrogens is 340 g/mol. The molecule has 0 aliphatic rings. The molecule has 0 saturated heterocycles. The average molecular weight is 377 g/mol. The summed E-state index contributed by atoms with van der Waals surface area (Å²) in [5, 5.41) is 9.43. The van der Waals surface area contributed by atoms with Gasteiger partial charge in [0.2, 0.25) is 5.91 Å². The minimum Gasteiger partial charge on any atom is -0.376 e. The number of hydrogen-bond donors (Lipinski definition) is 3. The molecule has 0 radical (unpaired) electrons. The third-order valence-electron chi connectivity index (χ3n) is 4.06. The summed E-state index contributed by atoms with van der Waals surface area (Å²) in [5.74, 6) is 1.09. The van der Waals surface area contributed by atoms with Crippen molar-refractivity contribution in [2.75, 3.05) is 32.8 Å². The van der Waals surface area contributed by atoms with Crippen molar-refractivity contribution in [3.63, 3.8) is 0 Å². The van der Waals surface area contributed by atoms with Crippen LogP contribution in [0.25, 0.3) is 0 Å². The molecule has 1 aromatic carbocycles. The van der Waals surface area contributed by atoms with Crippen LogP contribution in [-0.4, -0.2) is 44.7 Å². The number of benzene rings is 1. The highest BCUT2D eigenvalue weighted by atomic mass is 16.5. The molecule has 0 aliphatic heterocycles. The number of ether oxygens (including phenoxy) is 1. The van der Waals surface area contributed by atoms with Crippen molar-refractivity contribution >= 4 is 11.9 Å². The lowest BCUT2D eigenvalue weighted by atomic mass is 9.92. The standard InChI is InChI=1S/C21H36N4O2/c1-6-22-19(26)21(4,5)16-25-20(23-7-2)24-13-17(3)14-27-15-18-11-9-8-10-12-18/h8-12,17H,6-7,13-16H2,1-5H3,(H,22,26)(H2,23,24,25). The van der Waals surface area contributed by atoms with Gasteiger partial charge in [-0.15, -0.1) is 0 Å². The summed E-state index contributed by atoms with van der Waals surface area (Å²) in [5.41, 5.74) is 0.642. The molecule has 1 atom stereocenters. The maximum absolute atomic E-state index is 12.1. The van der Waals surface area contributed by atoms with Crippen molar-refractivity contribution in [3.05, 3.63) is 35.9 Å². The van der Waals surface area contributed by atoms with Gasteiger partial charge in [0.05, 0.1) is 25.2 Å². The normalized spacial score (nSPS) is 13.1. The SMILES string of the molecule is CCNC(=O)C(C)(C)CN=C(NCC)NCC(C)COCc1ccccc1. The average Bonchev–Trinajstić information content (AvgIpc) is 2.65. The van der Waals surface area contributed by atoms with Crippen LogP contribution < -0.4 is 16.0 Å². The minimum absolute atomic E-state index is 0.0206. The number of aliphatic imine (C=N–C) groups is 1. The van der Waals surface area contributed by atoms with Crippen molar-refractivity contribution < 1.29 is 9.53 Å². The first kappa shape index (κ1) is 23.0. The van der Waals surface area contributed by atoms with Crippen molar-refractivity contribution in [1.29, 1.82) is 0 Å². The summed E-state index contributed by atoms with van der Waals surface area (Å²) in [4.78, 5) is 16.7. The molecule has 1 unspecified atom stereocenters. The lowest BCUT2D eigenvalue weighted by Crippen LogP contribution is -2.43. The van der Waals surface area contributed by atoms with Gasteiger partial charge in [-0.05, 0) is 39.2 Å². The zero-order valence-corrected chi connectivity index (χ0v) is 17.5. The molecule has 6 heteroatoms. The Morgan fingerprint density at radius 2 is 1.78 bits per heavy atom. The van der Waals surface area contributed by atoms with E-state index in [4.69, 9.17) is 4.74 Å². The van der Waals surface area contributed by atoms with E-state index in [1.54, 1.807) is 0 Å². The number of guanidine groups is 1. The Kier molecular flexibility index (Phi) is 10.5. The molecule has 0 heterocycles. The molecule has 1 rings (SSSR count). The number of carbonyl (C=O) groups is 1. The zero-order chi connectivity index (χ0) is 20.1. The van der Waals surface area contributed by atoms with E-state index in [0.717, 1.165) is 19.0 Å². The minimum atomic E-state index is -0.539. The van der Waals surface area contributed by atoms with Crippen molar-refractivity contribution in [3.8, 4) is 0 Å². The highest BCUT2D eigenvalue weighted by Gasteiger charge is 2.26. The molecule has 1 aromatic rings. The molecule has 0 saturated carbocycles. The zero-order valence-electron chi connectivity index (χ0n) is 17.5. The number of hydrogen-bond acceptors (Lipinski definition) is 3. The third-order valence-corrected chi connectivity index (χ3v) is 4.06. The summed E-state index contributed by atoms with van der Waals surface area (Å²) in [6.07, 6.45) is 0. The number of nitrogens with zero attached hydrogens (tertiary/aromatic N) is 1. The summed E-state index contributed by atoms with van der Waals surface area (Å²) < 4.78 is 5.79. The lowest BCUT2D eigenvalue weighted by molar-refractivity contribution is -0.128. The van der Waals surface area contributed by atoms with Crippen LogP contribution in [-0.2, 0) is 16.1 Å². The van der Waals surface area contributed by atoms with Crippen LogP contribution in [0.3, 0.4) is 0 Å². The fourth-order valence-electron chi connectivity index (χ4n) is 2.37. The fourth-order valence-corrected chi connectivity index (χ4v) is 2.37. The molecule has 0 aliphatic carbocycles. The fraction of sp³-hybridized carbons (Fsp3) is 0.619. The van der Waals surface area contributed by atoms with Gasteiger partial charge in [-0.25, -0.2) is 0 Å². The van der Waals surface area contributed by atoms with E-state index >= 15 is 0 Å². The molecule has 6 nitrogen and oxygen atoms in total. The van der Waals surface area contributed by atoms with Gasteiger partial charge < -0.3 is 20.7 Å². The molecule has 0 spiro atoms. The quantitative estimate of drug-likeness (QED) is 0.410. The third kappa shape index (κ3) is 9.43. The molecule has 27 heavy (non-hydrogen) atoms. The van der Waals surface area contributed by atoms with E-state index in [0.29, 0.717) is 32.2 Å². The van der Waals surface area contributed by atoms with E-state index in [-0.39, 0.29) is 5.91 Å². The molecule has 0 aromatic heterocycles. The van der Waals surface area contributed by atoms with Gasteiger partial charge in [0.1, 0.15) is 0 Å². The highest BCUT2D eigenvalue weighted by Crippen LogP contribution is 2.15. The van der Waals surface area contributed by atoms with Gasteiger partial charge in [0.15, 0.2) is 5.96 Å². The maximum atomic E-state index is 12.1. The van der Waals surface area contributed by atoms with Crippen molar-refractivity contribution in [2.45, 2.75) is 41.2 Å². The summed E-state index contributed by atoms with van der Waals surface area (Å²) in [6.45, 7) is 13.8. The van der Waals surface area contributed by atoms with Crippen LogP contribution in [0.2, 0.25) is 0 Å². The van der Waals surface area contributed by atoms with Crippen LogP contribution >= 0.6 is 0 Å². The van der Waals surface area contributed by atoms with Crippen molar-refractivity contribution in [1.82, 2.24) is 16.0 Å². The van der Waals surface area contributed by atoms with Crippen LogP contribution in [0.4, 0.5) is 0 Å². The van der Waals surface area contributed by atoms with Gasteiger partial charge in [-0.1, -0.05) is 37.3 Å². The topological polar surface area (TPSA) is 74.8 Å². The monoisotopic (exact) mass is 376 g/mol. The van der Waals surface area contributed by atoms with Crippen LogP contribution in [0.1, 0.15) is 40.2 Å². The van der Waals surface area contributed by atoms with Gasteiger partial charge in [-0.2, -0.15) is 0 Å². The first-order valence-corrected chi connectivity index (χ1v) is 9.81. The number of rotatable bonds is 11. The van der Waals surface area contributed by atoms with E-state index in [2.05, 4.69) is 40.0 Å². The number of carbonyl (C=O) groups excluding carboxylic acids is 1. The van der Waals surface area contributed by atoms with Gasteiger partial charge in [0.25, 0.3) is 0 Å². The van der Waals surface area contributed by atoms with Crippen molar-refractivity contribution in [2.24, 2.45) is 16.3 Å². The predicted octanol–water partition coefficient (Wildman–Crippen LogP) is 2.56. The maximum Gasteiger partial charge on any atom is 0.227 e. The molecule has 0 bridgehead atoms. The van der Waals surface area contributed by atoms with E-state index < -0.39 is 5.41 Å². The Morgan fingerprint density at radius 1 is 1.11 bits per heavy atom. The Labute approximate surface area is 164 Å². The highest BCUT2D eigenvalue weighted by molar-refractivity contribution is 5.83. The second kappa shape index (κ2) is 12.3. The molecule has 1 amide bonds. The Hall–Kier alpha value is -2.08. The van der Waals surface area contributed by atoms with E-state index in [1.807, 2.05) is 45.9 Å². The smallest absolute Gasteiger partial charge is 0.227 e.